The first-order valence-electron chi connectivity index (χ1n) is 8.86. The summed E-state index contributed by atoms with van der Waals surface area (Å²) in [5.41, 5.74) is 1.45. The minimum atomic E-state index is -0.489. The third kappa shape index (κ3) is 3.51. The number of rotatable bonds is 4. The van der Waals surface area contributed by atoms with Gasteiger partial charge < -0.3 is 19.7 Å². The lowest BCUT2D eigenvalue weighted by Gasteiger charge is -2.30. The number of nitrogens with zero attached hydrogens (tertiary/aromatic N) is 2. The third-order valence-corrected chi connectivity index (χ3v) is 4.76. The molecule has 2 aliphatic heterocycles. The van der Waals surface area contributed by atoms with Gasteiger partial charge in [0.1, 0.15) is 0 Å². The van der Waals surface area contributed by atoms with Crippen LogP contribution < -0.4 is 19.7 Å². The van der Waals surface area contributed by atoms with Crippen LogP contribution in [0.25, 0.3) is 0 Å². The van der Waals surface area contributed by atoms with Crippen molar-refractivity contribution in [2.75, 3.05) is 30.1 Å². The molecule has 0 saturated carbocycles. The molecule has 8 heteroatoms. The lowest BCUT2D eigenvalue weighted by Crippen LogP contribution is -2.31. The number of nitro benzene ring substituents is 1. The van der Waals surface area contributed by atoms with Crippen LogP contribution in [0.5, 0.6) is 11.5 Å². The predicted molar refractivity (Wildman–Crippen MR) is 99.7 cm³/mol. The van der Waals surface area contributed by atoms with E-state index in [4.69, 9.17) is 9.47 Å². The number of hydrogen-bond donors (Lipinski definition) is 1. The van der Waals surface area contributed by atoms with E-state index >= 15 is 0 Å². The Balaban J connectivity index is 1.64. The fourth-order valence-electron chi connectivity index (χ4n) is 3.40. The number of nitrogens with one attached hydrogen (secondary N) is 1. The van der Waals surface area contributed by atoms with Crippen molar-refractivity contribution in [3.8, 4) is 11.5 Å². The maximum atomic E-state index is 12.9. The van der Waals surface area contributed by atoms with Crippen LogP contribution in [0.1, 0.15) is 29.6 Å². The average molecular weight is 369 g/mol. The van der Waals surface area contributed by atoms with Crippen LogP contribution in [0.2, 0.25) is 0 Å². The van der Waals surface area contributed by atoms with Crippen molar-refractivity contribution in [1.29, 1.82) is 0 Å². The highest BCUT2D eigenvalue weighted by atomic mass is 16.7. The fraction of sp³-hybridized carbons (Fsp3) is 0.316. The number of hydrogen-bond acceptors (Lipinski definition) is 6. The number of ether oxygens (including phenoxy) is 2. The van der Waals surface area contributed by atoms with Gasteiger partial charge in [0.25, 0.3) is 11.6 Å². The van der Waals surface area contributed by atoms with Crippen molar-refractivity contribution in [2.45, 2.75) is 19.3 Å². The van der Waals surface area contributed by atoms with Gasteiger partial charge in [-0.15, -0.1) is 0 Å². The van der Waals surface area contributed by atoms with Crippen LogP contribution in [-0.2, 0) is 0 Å². The maximum Gasteiger partial charge on any atom is 0.270 e. The minimum Gasteiger partial charge on any atom is -0.454 e. The summed E-state index contributed by atoms with van der Waals surface area (Å²) in [6.45, 7) is 1.82. The number of fused-ring (bicyclic) bond motifs is 1. The van der Waals surface area contributed by atoms with E-state index in [1.807, 2.05) is 0 Å². The molecule has 0 bridgehead atoms. The first kappa shape index (κ1) is 17.1. The first-order chi connectivity index (χ1) is 13.1. The van der Waals surface area contributed by atoms with Crippen molar-refractivity contribution < 1.29 is 19.2 Å². The number of piperidine rings is 1. The highest BCUT2D eigenvalue weighted by molar-refractivity contribution is 6.08. The number of carbonyl (C=O) groups is 1. The molecule has 0 atom stereocenters. The second-order valence-electron chi connectivity index (χ2n) is 6.53. The Morgan fingerprint density at radius 2 is 1.81 bits per heavy atom. The van der Waals surface area contributed by atoms with E-state index in [-0.39, 0.29) is 12.5 Å². The summed E-state index contributed by atoms with van der Waals surface area (Å²) in [4.78, 5) is 25.7. The topological polar surface area (TPSA) is 93.9 Å². The molecule has 1 saturated heterocycles. The Kier molecular flexibility index (Phi) is 4.53. The zero-order chi connectivity index (χ0) is 18.8. The molecule has 0 aromatic heterocycles. The average Bonchev–Trinajstić information content (AvgIpc) is 3.16. The zero-order valence-electron chi connectivity index (χ0n) is 14.6. The summed E-state index contributed by atoms with van der Waals surface area (Å²) < 4.78 is 10.6. The number of nitro groups is 1. The third-order valence-electron chi connectivity index (χ3n) is 4.76. The Hall–Kier alpha value is -3.29. The number of carbonyl (C=O) groups excluding carboxylic acids is 1. The molecule has 0 aliphatic carbocycles. The summed E-state index contributed by atoms with van der Waals surface area (Å²) >= 11 is 0. The molecule has 140 valence electrons. The van der Waals surface area contributed by atoms with Crippen LogP contribution >= 0.6 is 0 Å². The monoisotopic (exact) mass is 369 g/mol. The highest BCUT2D eigenvalue weighted by Crippen LogP contribution is 2.35. The van der Waals surface area contributed by atoms with Gasteiger partial charge in [0.2, 0.25) is 6.79 Å². The smallest absolute Gasteiger partial charge is 0.270 e. The lowest BCUT2D eigenvalue weighted by molar-refractivity contribution is -0.384. The molecule has 1 fully saturated rings. The standard InChI is InChI=1S/C19H19N3O5/c23-19(20-13-4-7-17-18(10-13)27-12-26-17)15-11-14(22(24)25)5-6-16(15)21-8-2-1-3-9-21/h4-7,10-11H,1-3,8-9,12H2,(H,20,23). The lowest BCUT2D eigenvalue weighted by atomic mass is 10.1. The van der Waals surface area contributed by atoms with Gasteiger partial charge in [0, 0.05) is 37.0 Å². The molecule has 1 N–H and O–H groups in total. The molecule has 2 aliphatic rings. The van der Waals surface area contributed by atoms with Gasteiger partial charge in [-0.1, -0.05) is 0 Å². The number of anilines is 2. The van der Waals surface area contributed by atoms with Crippen LogP contribution in [0, 0.1) is 10.1 Å². The largest absolute Gasteiger partial charge is 0.454 e. The van der Waals surface area contributed by atoms with Gasteiger partial charge in [-0.25, -0.2) is 0 Å². The van der Waals surface area contributed by atoms with Crippen molar-refractivity contribution >= 4 is 23.0 Å². The molecule has 27 heavy (non-hydrogen) atoms. The number of amides is 1. The SMILES string of the molecule is O=C(Nc1ccc2c(c1)OCO2)c1cc([N+](=O)[O-])ccc1N1CCCCC1. The van der Waals surface area contributed by atoms with Gasteiger partial charge in [-0.05, 0) is 37.5 Å². The summed E-state index contributed by atoms with van der Waals surface area (Å²) in [6.07, 6.45) is 3.24. The quantitative estimate of drug-likeness (QED) is 0.654. The second kappa shape index (κ2) is 7.14. The highest BCUT2D eigenvalue weighted by Gasteiger charge is 2.22. The van der Waals surface area contributed by atoms with Gasteiger partial charge >= 0.3 is 0 Å². The molecule has 0 unspecified atom stereocenters. The van der Waals surface area contributed by atoms with Crippen molar-refractivity contribution in [3.05, 3.63) is 52.1 Å². The van der Waals surface area contributed by atoms with E-state index in [1.54, 1.807) is 24.3 Å². The molecule has 4 rings (SSSR count). The molecular formula is C19H19N3O5. The van der Waals surface area contributed by atoms with E-state index in [1.165, 1.54) is 12.1 Å². The van der Waals surface area contributed by atoms with Gasteiger partial charge in [-0.3, -0.25) is 14.9 Å². The Labute approximate surface area is 155 Å². The normalized spacial score (nSPS) is 15.5. The molecule has 1 amide bonds. The van der Waals surface area contributed by atoms with E-state index in [2.05, 4.69) is 10.2 Å². The fourth-order valence-corrected chi connectivity index (χ4v) is 3.40. The van der Waals surface area contributed by atoms with Crippen LogP contribution in [-0.4, -0.2) is 30.7 Å². The zero-order valence-corrected chi connectivity index (χ0v) is 14.6. The maximum absolute atomic E-state index is 12.9. The summed E-state index contributed by atoms with van der Waals surface area (Å²) in [7, 11) is 0. The summed E-state index contributed by atoms with van der Waals surface area (Å²) in [5.74, 6) is 0.790. The van der Waals surface area contributed by atoms with E-state index < -0.39 is 10.8 Å². The molecule has 0 radical (unpaired) electrons. The van der Waals surface area contributed by atoms with Crippen LogP contribution in [0.3, 0.4) is 0 Å². The Bertz CT molecular complexity index is 893. The molecule has 2 heterocycles. The van der Waals surface area contributed by atoms with E-state index in [0.717, 1.165) is 38.0 Å². The van der Waals surface area contributed by atoms with Crippen molar-refractivity contribution in [2.24, 2.45) is 0 Å². The van der Waals surface area contributed by atoms with Gasteiger partial charge in [0.15, 0.2) is 11.5 Å². The molecule has 8 nitrogen and oxygen atoms in total. The number of non-ortho nitro benzene ring substituents is 1. The van der Waals surface area contributed by atoms with Crippen LogP contribution in [0.15, 0.2) is 36.4 Å². The molecule has 0 spiro atoms. The first-order valence-corrected chi connectivity index (χ1v) is 8.86. The summed E-state index contributed by atoms with van der Waals surface area (Å²) in [6, 6.07) is 9.56. The molecule has 2 aromatic rings. The predicted octanol–water partition coefficient (Wildman–Crippen LogP) is 3.57. The second-order valence-corrected chi connectivity index (χ2v) is 6.53. The van der Waals surface area contributed by atoms with Crippen molar-refractivity contribution in [1.82, 2.24) is 0 Å². The Morgan fingerprint density at radius 1 is 1.04 bits per heavy atom. The van der Waals surface area contributed by atoms with Crippen LogP contribution in [0.4, 0.5) is 17.1 Å². The van der Waals surface area contributed by atoms with Gasteiger partial charge in [-0.2, -0.15) is 0 Å². The molecule has 2 aromatic carbocycles. The minimum absolute atomic E-state index is 0.105. The van der Waals surface area contributed by atoms with E-state index in [9.17, 15) is 14.9 Å². The number of benzene rings is 2. The van der Waals surface area contributed by atoms with E-state index in [0.29, 0.717) is 22.7 Å². The van der Waals surface area contributed by atoms with Crippen molar-refractivity contribution in [3.63, 3.8) is 0 Å². The molecular weight excluding hydrogens is 350 g/mol. The van der Waals surface area contributed by atoms with Gasteiger partial charge in [0.05, 0.1) is 16.2 Å². The summed E-state index contributed by atoms with van der Waals surface area (Å²) in [5, 5.41) is 14.0. The Morgan fingerprint density at radius 3 is 2.59 bits per heavy atom.